The van der Waals surface area contributed by atoms with Crippen molar-refractivity contribution in [3.8, 4) is 0 Å². The highest BCUT2D eigenvalue weighted by molar-refractivity contribution is 5.91. The van der Waals surface area contributed by atoms with E-state index in [1.54, 1.807) is 0 Å². The average Bonchev–Trinajstić information content (AvgIpc) is 2.45. The van der Waals surface area contributed by atoms with E-state index in [0.717, 1.165) is 18.5 Å². The van der Waals surface area contributed by atoms with Gasteiger partial charge in [0.15, 0.2) is 0 Å². The third-order valence-corrected chi connectivity index (χ3v) is 4.28. The Balaban J connectivity index is 2.07. The molecule has 96 valence electrons. The van der Waals surface area contributed by atoms with E-state index in [2.05, 4.69) is 11.4 Å². The van der Waals surface area contributed by atoms with E-state index in [1.807, 2.05) is 12.1 Å². The third-order valence-electron chi connectivity index (χ3n) is 4.28. The number of nitrogens with one attached hydrogen (secondary N) is 1. The number of methoxy groups -OCH3 is 1. The van der Waals surface area contributed by atoms with E-state index in [0.29, 0.717) is 12.0 Å². The molecular weight excluding hydrogens is 226 g/mol. The van der Waals surface area contributed by atoms with E-state index in [4.69, 9.17) is 4.74 Å². The minimum absolute atomic E-state index is 0.196. The second-order valence-corrected chi connectivity index (χ2v) is 5.22. The number of hydrogen-bond donors (Lipinski definition) is 1. The number of piperidine rings is 1. The smallest absolute Gasteiger partial charge is 0.338 e. The van der Waals surface area contributed by atoms with E-state index in [9.17, 15) is 4.79 Å². The third kappa shape index (κ3) is 1.83. The first kappa shape index (κ1) is 11.7. The van der Waals surface area contributed by atoms with Gasteiger partial charge in [0, 0.05) is 12.0 Å². The maximum atomic E-state index is 11.9. The molecule has 2 atom stereocenters. The monoisotopic (exact) mass is 245 g/mol. The number of rotatable bonds is 1. The number of fused-ring (bicyclic) bond motifs is 3. The van der Waals surface area contributed by atoms with Gasteiger partial charge in [0.2, 0.25) is 0 Å². The van der Waals surface area contributed by atoms with Crippen LogP contribution in [0.3, 0.4) is 0 Å². The van der Waals surface area contributed by atoms with Gasteiger partial charge in [-0.3, -0.25) is 0 Å². The van der Waals surface area contributed by atoms with Crippen molar-refractivity contribution in [2.24, 2.45) is 0 Å². The number of esters is 1. The number of carbonyl (C=O) groups excluding carboxylic acids is 1. The van der Waals surface area contributed by atoms with Crippen molar-refractivity contribution in [1.29, 1.82) is 0 Å². The molecule has 1 unspecified atom stereocenters. The number of aryl methyl sites for hydroxylation is 1. The fourth-order valence-electron chi connectivity index (χ4n) is 3.47. The summed E-state index contributed by atoms with van der Waals surface area (Å²) in [6.45, 7) is 1.11. The number of hydrogen-bond acceptors (Lipinski definition) is 3. The van der Waals surface area contributed by atoms with Crippen molar-refractivity contribution in [2.75, 3.05) is 13.7 Å². The van der Waals surface area contributed by atoms with Crippen molar-refractivity contribution >= 4 is 5.97 Å². The molecule has 1 aliphatic heterocycles. The van der Waals surface area contributed by atoms with Crippen LogP contribution < -0.4 is 5.32 Å². The molecule has 1 fully saturated rings. The van der Waals surface area contributed by atoms with Crippen LogP contribution in [0.2, 0.25) is 0 Å². The molecule has 0 bridgehead atoms. The van der Waals surface area contributed by atoms with Crippen LogP contribution >= 0.6 is 0 Å². The molecule has 1 saturated heterocycles. The molecule has 1 N–H and O–H groups in total. The Labute approximate surface area is 108 Å². The number of benzene rings is 1. The van der Waals surface area contributed by atoms with Gasteiger partial charge < -0.3 is 10.1 Å². The van der Waals surface area contributed by atoms with Crippen molar-refractivity contribution in [1.82, 2.24) is 5.32 Å². The second kappa shape index (κ2) is 4.73. The summed E-state index contributed by atoms with van der Waals surface area (Å²) in [6.07, 6.45) is 4.62. The van der Waals surface area contributed by atoms with E-state index in [-0.39, 0.29) is 5.97 Å². The zero-order valence-electron chi connectivity index (χ0n) is 10.7. The summed E-state index contributed by atoms with van der Waals surface area (Å²) in [5.41, 5.74) is 3.35. The van der Waals surface area contributed by atoms with Gasteiger partial charge in [-0.05, 0) is 49.4 Å². The number of ether oxygens (including phenoxy) is 1. The van der Waals surface area contributed by atoms with Crippen LogP contribution in [0.15, 0.2) is 18.2 Å². The van der Waals surface area contributed by atoms with E-state index >= 15 is 0 Å². The largest absolute Gasteiger partial charge is 0.465 e. The molecular formula is C15H19NO2. The Morgan fingerprint density at radius 3 is 3.11 bits per heavy atom. The molecule has 0 amide bonds. The Morgan fingerprint density at radius 1 is 1.39 bits per heavy atom. The summed E-state index contributed by atoms with van der Waals surface area (Å²) in [7, 11) is 1.46. The normalized spacial score (nSPS) is 26.1. The fraction of sp³-hybridized carbons (Fsp3) is 0.533. The summed E-state index contributed by atoms with van der Waals surface area (Å²) in [5.74, 6) is 0.288. The van der Waals surface area contributed by atoms with Gasteiger partial charge in [-0.1, -0.05) is 12.1 Å². The van der Waals surface area contributed by atoms with E-state index < -0.39 is 0 Å². The van der Waals surface area contributed by atoms with E-state index in [1.165, 1.54) is 37.5 Å². The molecule has 1 heterocycles. The van der Waals surface area contributed by atoms with Gasteiger partial charge in [0.1, 0.15) is 0 Å². The second-order valence-electron chi connectivity index (χ2n) is 5.22. The van der Waals surface area contributed by atoms with Crippen LogP contribution in [0.4, 0.5) is 0 Å². The van der Waals surface area contributed by atoms with Crippen LogP contribution in [-0.4, -0.2) is 25.7 Å². The molecule has 0 saturated carbocycles. The molecule has 18 heavy (non-hydrogen) atoms. The highest BCUT2D eigenvalue weighted by Crippen LogP contribution is 2.39. The first-order valence-corrected chi connectivity index (χ1v) is 6.74. The lowest BCUT2D eigenvalue weighted by Gasteiger charge is -2.38. The average molecular weight is 245 g/mol. The zero-order chi connectivity index (χ0) is 12.5. The molecule has 2 aliphatic rings. The molecule has 1 aliphatic carbocycles. The molecule has 3 rings (SSSR count). The first-order chi connectivity index (χ1) is 8.81. The fourth-order valence-corrected chi connectivity index (χ4v) is 3.47. The van der Waals surface area contributed by atoms with Gasteiger partial charge >= 0.3 is 5.97 Å². The minimum atomic E-state index is -0.196. The molecule has 3 nitrogen and oxygen atoms in total. The van der Waals surface area contributed by atoms with Crippen LogP contribution in [0.25, 0.3) is 0 Å². The molecule has 3 heteroatoms. The van der Waals surface area contributed by atoms with Crippen LogP contribution in [-0.2, 0) is 11.2 Å². The quantitative estimate of drug-likeness (QED) is 0.771. The Kier molecular flexibility index (Phi) is 3.08. The summed E-state index contributed by atoms with van der Waals surface area (Å²) >= 11 is 0. The van der Waals surface area contributed by atoms with Crippen LogP contribution in [0, 0.1) is 0 Å². The summed E-state index contributed by atoms with van der Waals surface area (Å²) in [5, 5.41) is 3.59. The van der Waals surface area contributed by atoms with Crippen molar-refractivity contribution < 1.29 is 9.53 Å². The predicted molar refractivity (Wildman–Crippen MR) is 69.9 cm³/mol. The van der Waals surface area contributed by atoms with Gasteiger partial charge in [-0.15, -0.1) is 0 Å². The Hall–Kier alpha value is -1.35. The van der Waals surface area contributed by atoms with Gasteiger partial charge in [-0.2, -0.15) is 0 Å². The zero-order valence-corrected chi connectivity index (χ0v) is 10.7. The Morgan fingerprint density at radius 2 is 2.28 bits per heavy atom. The minimum Gasteiger partial charge on any atom is -0.465 e. The van der Waals surface area contributed by atoms with Crippen LogP contribution in [0.1, 0.15) is 46.7 Å². The maximum absolute atomic E-state index is 11.9. The first-order valence-electron chi connectivity index (χ1n) is 6.74. The van der Waals surface area contributed by atoms with Gasteiger partial charge in [-0.25, -0.2) is 4.79 Å². The topological polar surface area (TPSA) is 38.3 Å². The summed E-state index contributed by atoms with van der Waals surface area (Å²) in [4.78, 5) is 11.9. The summed E-state index contributed by atoms with van der Waals surface area (Å²) in [6, 6.07) is 6.58. The van der Waals surface area contributed by atoms with Crippen molar-refractivity contribution in [2.45, 2.75) is 37.6 Å². The van der Waals surface area contributed by atoms with Crippen molar-refractivity contribution in [3.05, 3.63) is 34.9 Å². The lowest BCUT2D eigenvalue weighted by molar-refractivity contribution is 0.0597. The highest BCUT2D eigenvalue weighted by Gasteiger charge is 2.34. The number of carbonyl (C=O) groups is 1. The Bertz CT molecular complexity index is 470. The predicted octanol–water partition coefficient (Wildman–Crippen LogP) is 2.25. The van der Waals surface area contributed by atoms with Gasteiger partial charge in [0.25, 0.3) is 0 Å². The lowest BCUT2D eigenvalue weighted by Crippen LogP contribution is -2.43. The SMILES string of the molecule is COC(=O)c1cccc2c1C1CCCN[C@H]1CC2. The lowest BCUT2D eigenvalue weighted by atomic mass is 9.73. The maximum Gasteiger partial charge on any atom is 0.338 e. The highest BCUT2D eigenvalue weighted by atomic mass is 16.5. The molecule has 0 aromatic heterocycles. The van der Waals surface area contributed by atoms with Gasteiger partial charge in [0.05, 0.1) is 12.7 Å². The van der Waals surface area contributed by atoms with Crippen molar-refractivity contribution in [3.63, 3.8) is 0 Å². The molecule has 1 aromatic carbocycles. The molecule has 0 radical (unpaired) electrons. The standard InChI is InChI=1S/C15H19NO2/c1-18-15(17)12-5-2-4-10-7-8-13-11(14(10)12)6-3-9-16-13/h2,4-5,11,13,16H,3,6-9H2,1H3/t11?,13-/m0/s1. The molecule has 0 spiro atoms. The van der Waals surface area contributed by atoms with Crippen LogP contribution in [0.5, 0.6) is 0 Å². The molecule has 1 aromatic rings. The summed E-state index contributed by atoms with van der Waals surface area (Å²) < 4.78 is 4.92.